The molecule has 1 aliphatic rings. The van der Waals surface area contributed by atoms with Crippen LogP contribution in [0.1, 0.15) is 17.3 Å². The summed E-state index contributed by atoms with van der Waals surface area (Å²) in [5.41, 5.74) is 1.61. The molecule has 1 aromatic heterocycles. The summed E-state index contributed by atoms with van der Waals surface area (Å²) in [5, 5.41) is 7.35. The quantitative estimate of drug-likeness (QED) is 0.903. The highest BCUT2D eigenvalue weighted by Gasteiger charge is 2.23. The molecule has 0 unspecified atom stereocenters. The second-order valence-electron chi connectivity index (χ2n) is 4.94. The normalized spacial score (nSPS) is 18.1. The van der Waals surface area contributed by atoms with Crippen LogP contribution in [0.5, 0.6) is 0 Å². The third-order valence-corrected chi connectivity index (χ3v) is 3.56. The maximum absolute atomic E-state index is 12.5. The van der Waals surface area contributed by atoms with Crippen molar-refractivity contribution in [3.8, 4) is 5.69 Å². The molecule has 112 valence electrons. The lowest BCUT2D eigenvalue weighted by Gasteiger charge is -2.34. The predicted octanol–water partition coefficient (Wildman–Crippen LogP) is 1.12. The van der Waals surface area contributed by atoms with Crippen LogP contribution < -0.4 is 5.32 Å². The Hall–Kier alpha value is -1.92. The van der Waals surface area contributed by atoms with E-state index in [0.29, 0.717) is 5.56 Å². The van der Waals surface area contributed by atoms with E-state index in [4.69, 9.17) is 0 Å². The number of carbonyl (C=O) groups is 1. The van der Waals surface area contributed by atoms with Gasteiger partial charge in [0.2, 0.25) is 0 Å². The van der Waals surface area contributed by atoms with Gasteiger partial charge in [-0.1, -0.05) is 0 Å². The lowest BCUT2D eigenvalue weighted by molar-refractivity contribution is 0.0656. The van der Waals surface area contributed by atoms with Gasteiger partial charge in [0.1, 0.15) is 12.7 Å². The molecule has 2 aromatic rings. The molecule has 6 nitrogen and oxygen atoms in total. The summed E-state index contributed by atoms with van der Waals surface area (Å²) in [5.74, 6) is 0.0872. The smallest absolute Gasteiger partial charge is 0.254 e. The van der Waals surface area contributed by atoms with Gasteiger partial charge in [0.15, 0.2) is 0 Å². The Morgan fingerprint density at radius 3 is 2.71 bits per heavy atom. The van der Waals surface area contributed by atoms with Gasteiger partial charge >= 0.3 is 0 Å². The van der Waals surface area contributed by atoms with Crippen LogP contribution in [-0.2, 0) is 0 Å². The largest absolute Gasteiger partial charge is 0.333 e. The molecule has 0 saturated carbocycles. The molecule has 3 rings (SSSR count). The highest BCUT2D eigenvalue weighted by molar-refractivity contribution is 5.94. The number of piperazine rings is 1. The molecule has 21 heavy (non-hydrogen) atoms. The Morgan fingerprint density at radius 2 is 2.10 bits per heavy atom. The minimum Gasteiger partial charge on any atom is -0.333 e. The average molecular weight is 308 g/mol. The van der Waals surface area contributed by atoms with Crippen molar-refractivity contribution in [3.05, 3.63) is 42.5 Å². The summed E-state index contributed by atoms with van der Waals surface area (Å²) in [4.78, 5) is 18.3. The van der Waals surface area contributed by atoms with Gasteiger partial charge in [0.05, 0.1) is 5.69 Å². The van der Waals surface area contributed by atoms with E-state index in [-0.39, 0.29) is 24.4 Å². The Kier molecular flexibility index (Phi) is 4.93. The van der Waals surface area contributed by atoms with Crippen molar-refractivity contribution < 1.29 is 4.79 Å². The van der Waals surface area contributed by atoms with Gasteiger partial charge in [0.25, 0.3) is 5.91 Å². The maximum atomic E-state index is 12.5. The first-order valence-corrected chi connectivity index (χ1v) is 6.72. The van der Waals surface area contributed by atoms with E-state index in [2.05, 4.69) is 22.3 Å². The van der Waals surface area contributed by atoms with Gasteiger partial charge in [-0.2, -0.15) is 5.10 Å². The fourth-order valence-corrected chi connectivity index (χ4v) is 2.41. The van der Waals surface area contributed by atoms with E-state index >= 15 is 0 Å². The van der Waals surface area contributed by atoms with Crippen LogP contribution in [0.3, 0.4) is 0 Å². The van der Waals surface area contributed by atoms with Crippen molar-refractivity contribution in [2.45, 2.75) is 13.0 Å². The molecule has 1 fully saturated rings. The molecule has 7 heteroatoms. The van der Waals surface area contributed by atoms with E-state index in [9.17, 15) is 4.79 Å². The van der Waals surface area contributed by atoms with Crippen molar-refractivity contribution >= 4 is 18.3 Å². The molecule has 1 aliphatic heterocycles. The van der Waals surface area contributed by atoms with E-state index in [0.717, 1.165) is 25.3 Å². The fraction of sp³-hybridized carbons (Fsp3) is 0.357. The summed E-state index contributed by atoms with van der Waals surface area (Å²) in [6.45, 7) is 4.52. The number of hydrogen-bond acceptors (Lipinski definition) is 4. The predicted molar refractivity (Wildman–Crippen MR) is 82.0 cm³/mol. The minimum absolute atomic E-state index is 0. The Labute approximate surface area is 129 Å². The monoisotopic (exact) mass is 307 g/mol. The van der Waals surface area contributed by atoms with Crippen LogP contribution in [0.15, 0.2) is 36.9 Å². The number of rotatable bonds is 2. The van der Waals surface area contributed by atoms with Crippen molar-refractivity contribution in [2.75, 3.05) is 19.6 Å². The number of aromatic nitrogens is 3. The summed E-state index contributed by atoms with van der Waals surface area (Å²) >= 11 is 0. The maximum Gasteiger partial charge on any atom is 0.254 e. The number of nitrogens with zero attached hydrogens (tertiary/aromatic N) is 4. The van der Waals surface area contributed by atoms with E-state index in [1.54, 1.807) is 11.0 Å². The molecule has 1 aromatic carbocycles. The Balaban J connectivity index is 0.00000161. The van der Waals surface area contributed by atoms with Gasteiger partial charge in [-0.3, -0.25) is 4.79 Å². The van der Waals surface area contributed by atoms with Gasteiger partial charge < -0.3 is 10.2 Å². The van der Waals surface area contributed by atoms with E-state index in [1.807, 2.05) is 29.2 Å². The van der Waals surface area contributed by atoms with Gasteiger partial charge in [-0.05, 0) is 31.2 Å². The highest BCUT2D eigenvalue weighted by atomic mass is 35.5. The van der Waals surface area contributed by atoms with Crippen LogP contribution in [0, 0.1) is 0 Å². The first-order chi connectivity index (χ1) is 9.75. The van der Waals surface area contributed by atoms with Crippen LogP contribution in [0.4, 0.5) is 0 Å². The third kappa shape index (κ3) is 3.22. The zero-order chi connectivity index (χ0) is 13.9. The number of hydrogen-bond donors (Lipinski definition) is 1. The van der Waals surface area contributed by atoms with Crippen LogP contribution in [0.25, 0.3) is 5.69 Å². The second-order valence-corrected chi connectivity index (χ2v) is 4.94. The van der Waals surface area contributed by atoms with Crippen molar-refractivity contribution in [2.24, 2.45) is 0 Å². The lowest BCUT2D eigenvalue weighted by Crippen LogP contribution is -2.52. The summed E-state index contributed by atoms with van der Waals surface area (Å²) < 4.78 is 1.67. The zero-order valence-electron chi connectivity index (χ0n) is 11.8. The molecule has 1 atom stereocenters. The number of carbonyl (C=O) groups excluding carboxylic acids is 1. The number of amides is 1. The molecule has 1 saturated heterocycles. The molecule has 0 spiro atoms. The van der Waals surface area contributed by atoms with E-state index < -0.39 is 0 Å². The SMILES string of the molecule is C[C@@H]1CNCCN1C(=O)c1ccc(-n2cncn2)cc1.Cl. The lowest BCUT2D eigenvalue weighted by atomic mass is 10.1. The van der Waals surface area contributed by atoms with Crippen LogP contribution >= 0.6 is 12.4 Å². The van der Waals surface area contributed by atoms with Gasteiger partial charge in [0, 0.05) is 31.2 Å². The summed E-state index contributed by atoms with van der Waals surface area (Å²) in [6.07, 6.45) is 3.12. The number of halogens is 1. The third-order valence-electron chi connectivity index (χ3n) is 3.56. The first kappa shape index (κ1) is 15.5. The first-order valence-electron chi connectivity index (χ1n) is 6.72. The molecule has 1 amide bonds. The Morgan fingerprint density at radius 1 is 1.33 bits per heavy atom. The van der Waals surface area contributed by atoms with Crippen molar-refractivity contribution in [1.29, 1.82) is 0 Å². The number of nitrogens with one attached hydrogen (secondary N) is 1. The summed E-state index contributed by atoms with van der Waals surface area (Å²) in [7, 11) is 0. The van der Waals surface area contributed by atoms with Gasteiger partial charge in [-0.25, -0.2) is 9.67 Å². The van der Waals surface area contributed by atoms with Crippen LogP contribution in [-0.4, -0.2) is 51.2 Å². The average Bonchev–Trinajstić information content (AvgIpc) is 3.01. The minimum atomic E-state index is 0. The molecule has 2 heterocycles. The molecule has 0 bridgehead atoms. The molecule has 0 aliphatic carbocycles. The fourth-order valence-electron chi connectivity index (χ4n) is 2.41. The standard InChI is InChI=1S/C14H17N5O.ClH/c1-11-8-15-6-7-18(11)14(20)12-2-4-13(5-3-12)19-10-16-9-17-19;/h2-5,9-11,15H,6-8H2,1H3;1H/t11-;/m1./s1. The van der Waals surface area contributed by atoms with Crippen LogP contribution in [0.2, 0.25) is 0 Å². The Bertz CT molecular complexity index is 584. The molecular weight excluding hydrogens is 290 g/mol. The van der Waals surface area contributed by atoms with Gasteiger partial charge in [-0.15, -0.1) is 12.4 Å². The highest BCUT2D eigenvalue weighted by Crippen LogP contribution is 2.13. The number of benzene rings is 1. The van der Waals surface area contributed by atoms with Crippen molar-refractivity contribution in [1.82, 2.24) is 25.0 Å². The zero-order valence-corrected chi connectivity index (χ0v) is 12.6. The summed E-state index contributed by atoms with van der Waals surface area (Å²) in [6, 6.07) is 7.68. The topological polar surface area (TPSA) is 63.1 Å². The van der Waals surface area contributed by atoms with Crippen molar-refractivity contribution in [3.63, 3.8) is 0 Å². The van der Waals surface area contributed by atoms with E-state index in [1.165, 1.54) is 6.33 Å². The molecule has 1 N–H and O–H groups in total. The molecule has 0 radical (unpaired) electrons. The molecular formula is C14H18ClN5O. The second kappa shape index (κ2) is 6.69.